The number of nitrogens with zero attached hydrogens (tertiary/aromatic N) is 2. The Hall–Kier alpha value is -4.76. The molecule has 182 valence electrons. The van der Waals surface area contributed by atoms with Crippen LogP contribution in [-0.2, 0) is 5.41 Å². The highest BCUT2D eigenvalue weighted by Gasteiger charge is 2.40. The Morgan fingerprint density at radius 1 is 0.526 bits per heavy atom. The zero-order chi connectivity index (χ0) is 25.4. The molecular formula is C35H26N2O. The van der Waals surface area contributed by atoms with Gasteiger partial charge in [0.25, 0.3) is 0 Å². The minimum atomic E-state index is -0.236. The maximum atomic E-state index is 6.81. The van der Waals surface area contributed by atoms with E-state index >= 15 is 0 Å². The van der Waals surface area contributed by atoms with Crippen molar-refractivity contribution in [3.05, 3.63) is 132 Å². The van der Waals surface area contributed by atoms with E-state index in [9.17, 15) is 0 Å². The smallest absolute Gasteiger partial charge is 0.209 e. The topological polar surface area (TPSA) is 19.1 Å². The molecule has 1 aliphatic heterocycles. The van der Waals surface area contributed by atoms with Gasteiger partial charge < -0.3 is 9.30 Å². The molecular weight excluding hydrogens is 464 g/mol. The summed E-state index contributed by atoms with van der Waals surface area (Å²) in [6, 6.07) is 43.0. The molecule has 1 aliphatic rings. The van der Waals surface area contributed by atoms with Crippen LogP contribution >= 0.6 is 0 Å². The summed E-state index contributed by atoms with van der Waals surface area (Å²) in [7, 11) is 0. The van der Waals surface area contributed by atoms with E-state index in [-0.39, 0.29) is 5.41 Å². The quantitative estimate of drug-likeness (QED) is 0.236. The molecule has 0 saturated heterocycles. The van der Waals surface area contributed by atoms with Gasteiger partial charge in [0.1, 0.15) is 5.75 Å². The van der Waals surface area contributed by atoms with E-state index in [0.717, 1.165) is 23.0 Å². The highest BCUT2D eigenvalue weighted by molar-refractivity contribution is 6.19. The van der Waals surface area contributed by atoms with Crippen LogP contribution in [0.2, 0.25) is 0 Å². The highest BCUT2D eigenvalue weighted by Crippen LogP contribution is 2.54. The first-order valence-electron chi connectivity index (χ1n) is 13.1. The predicted molar refractivity (Wildman–Crippen MR) is 156 cm³/mol. The summed E-state index contributed by atoms with van der Waals surface area (Å²) in [5, 5.41) is 3.70. The maximum absolute atomic E-state index is 6.81. The fraction of sp³-hybridized carbons (Fsp3) is 0.0857. The molecule has 3 heteroatoms. The van der Waals surface area contributed by atoms with Crippen LogP contribution in [0.4, 0.5) is 0 Å². The fourth-order valence-electron chi connectivity index (χ4n) is 6.48. The molecule has 2 aromatic heterocycles. The highest BCUT2D eigenvalue weighted by atomic mass is 16.5. The van der Waals surface area contributed by atoms with Gasteiger partial charge in [-0.25, -0.2) is 0 Å². The van der Waals surface area contributed by atoms with E-state index in [0.29, 0.717) is 0 Å². The number of fused-ring (bicyclic) bond motifs is 8. The van der Waals surface area contributed by atoms with Crippen molar-refractivity contribution in [1.82, 2.24) is 9.13 Å². The summed E-state index contributed by atoms with van der Waals surface area (Å²) in [5.74, 6) is 1.82. The number of hydrogen-bond donors (Lipinski definition) is 0. The minimum absolute atomic E-state index is 0.236. The Morgan fingerprint density at radius 2 is 1.11 bits per heavy atom. The van der Waals surface area contributed by atoms with Crippen molar-refractivity contribution in [2.75, 3.05) is 0 Å². The SMILES string of the molecule is CC1(C)c2ccccc2Oc2c1c1ccc3c4ccccc4n(-c4ccccc4)c3c1n2-c1ccccc1. The second kappa shape index (κ2) is 7.62. The van der Waals surface area contributed by atoms with E-state index in [2.05, 4.69) is 144 Å². The molecule has 3 heterocycles. The summed E-state index contributed by atoms with van der Waals surface area (Å²) in [6.45, 7) is 4.64. The molecule has 0 spiro atoms. The van der Waals surface area contributed by atoms with Crippen LogP contribution in [-0.4, -0.2) is 9.13 Å². The van der Waals surface area contributed by atoms with Crippen LogP contribution in [0.15, 0.2) is 121 Å². The summed E-state index contributed by atoms with van der Waals surface area (Å²) in [6.07, 6.45) is 0. The zero-order valence-electron chi connectivity index (χ0n) is 21.3. The van der Waals surface area contributed by atoms with Gasteiger partial charge >= 0.3 is 0 Å². The normalized spacial score (nSPS) is 13.9. The van der Waals surface area contributed by atoms with E-state index in [1.54, 1.807) is 0 Å². The molecule has 38 heavy (non-hydrogen) atoms. The summed E-state index contributed by atoms with van der Waals surface area (Å²) in [4.78, 5) is 0. The second-order valence-corrected chi connectivity index (χ2v) is 10.6. The van der Waals surface area contributed by atoms with Gasteiger partial charge in [0.2, 0.25) is 5.88 Å². The lowest BCUT2D eigenvalue weighted by Gasteiger charge is -2.33. The van der Waals surface area contributed by atoms with E-state index in [1.807, 2.05) is 0 Å². The van der Waals surface area contributed by atoms with Gasteiger partial charge in [0.15, 0.2) is 0 Å². The monoisotopic (exact) mass is 490 g/mol. The Bertz CT molecular complexity index is 2010. The largest absolute Gasteiger partial charge is 0.440 e. The fourth-order valence-corrected chi connectivity index (χ4v) is 6.48. The Kier molecular flexibility index (Phi) is 4.28. The third kappa shape index (κ3) is 2.73. The number of aromatic nitrogens is 2. The van der Waals surface area contributed by atoms with Gasteiger partial charge in [-0.15, -0.1) is 0 Å². The molecule has 0 aliphatic carbocycles. The number of rotatable bonds is 2. The Labute approximate surface area is 221 Å². The van der Waals surface area contributed by atoms with Crippen molar-refractivity contribution in [3.8, 4) is 23.0 Å². The molecule has 0 amide bonds. The van der Waals surface area contributed by atoms with E-state index < -0.39 is 0 Å². The third-order valence-corrected chi connectivity index (χ3v) is 8.14. The Balaban J connectivity index is 1.63. The van der Waals surface area contributed by atoms with E-state index in [1.165, 1.54) is 43.8 Å². The van der Waals surface area contributed by atoms with Crippen LogP contribution in [0.1, 0.15) is 25.0 Å². The van der Waals surface area contributed by atoms with Gasteiger partial charge in [-0.05, 0) is 36.4 Å². The molecule has 5 aromatic carbocycles. The van der Waals surface area contributed by atoms with Crippen molar-refractivity contribution in [1.29, 1.82) is 0 Å². The molecule has 8 rings (SSSR count). The van der Waals surface area contributed by atoms with Gasteiger partial charge in [0.05, 0.1) is 16.6 Å². The second-order valence-electron chi connectivity index (χ2n) is 10.6. The molecule has 0 radical (unpaired) electrons. The van der Waals surface area contributed by atoms with Crippen LogP contribution in [0.3, 0.4) is 0 Å². The average molecular weight is 491 g/mol. The predicted octanol–water partition coefficient (Wildman–Crippen LogP) is 9.16. The minimum Gasteiger partial charge on any atom is -0.440 e. The molecule has 0 bridgehead atoms. The van der Waals surface area contributed by atoms with Crippen molar-refractivity contribution in [3.63, 3.8) is 0 Å². The van der Waals surface area contributed by atoms with Crippen molar-refractivity contribution in [2.24, 2.45) is 0 Å². The average Bonchev–Trinajstić information content (AvgIpc) is 3.47. The molecule has 0 fully saturated rings. The number of hydrogen-bond acceptors (Lipinski definition) is 1. The lowest BCUT2D eigenvalue weighted by molar-refractivity contribution is 0.399. The summed E-state index contributed by atoms with van der Waals surface area (Å²) >= 11 is 0. The zero-order valence-corrected chi connectivity index (χ0v) is 21.3. The van der Waals surface area contributed by atoms with Gasteiger partial charge in [-0.3, -0.25) is 4.57 Å². The van der Waals surface area contributed by atoms with Gasteiger partial charge in [-0.2, -0.15) is 0 Å². The van der Waals surface area contributed by atoms with Gasteiger partial charge in [0, 0.05) is 44.1 Å². The van der Waals surface area contributed by atoms with Crippen molar-refractivity contribution in [2.45, 2.75) is 19.3 Å². The first kappa shape index (κ1) is 21.3. The number of ether oxygens (including phenoxy) is 1. The van der Waals surface area contributed by atoms with Gasteiger partial charge in [-0.1, -0.05) is 98.8 Å². The third-order valence-electron chi connectivity index (χ3n) is 8.14. The summed E-state index contributed by atoms with van der Waals surface area (Å²) < 4.78 is 11.6. The lowest BCUT2D eigenvalue weighted by Crippen LogP contribution is -2.24. The molecule has 0 saturated carbocycles. The van der Waals surface area contributed by atoms with E-state index in [4.69, 9.17) is 4.74 Å². The standard InChI is InChI=1S/C35H26N2O/c1-35(2)28-18-10-12-20-30(28)38-34-31(35)27-22-21-26-25-17-9-11-19-29(25)36(23-13-5-3-6-14-23)32(26)33(27)37(34)24-15-7-4-8-16-24/h3-22H,1-2H3. The van der Waals surface area contributed by atoms with Crippen molar-refractivity contribution < 1.29 is 4.74 Å². The van der Waals surface area contributed by atoms with Crippen LogP contribution in [0.25, 0.3) is 44.1 Å². The van der Waals surface area contributed by atoms with Crippen LogP contribution in [0.5, 0.6) is 11.6 Å². The molecule has 0 unspecified atom stereocenters. The number of benzene rings is 5. The van der Waals surface area contributed by atoms with Crippen LogP contribution < -0.4 is 4.74 Å². The molecule has 0 atom stereocenters. The summed E-state index contributed by atoms with van der Waals surface area (Å²) in [5.41, 5.74) is 7.99. The lowest BCUT2D eigenvalue weighted by atomic mass is 9.76. The molecule has 0 N–H and O–H groups in total. The molecule has 7 aromatic rings. The Morgan fingerprint density at radius 3 is 1.87 bits per heavy atom. The first-order chi connectivity index (χ1) is 18.6. The van der Waals surface area contributed by atoms with Crippen molar-refractivity contribution >= 4 is 32.7 Å². The maximum Gasteiger partial charge on any atom is 0.209 e. The number of para-hydroxylation sites is 4. The molecule has 3 nitrogen and oxygen atoms in total. The first-order valence-corrected chi connectivity index (χ1v) is 13.1. The van der Waals surface area contributed by atoms with Crippen LogP contribution in [0, 0.1) is 0 Å².